The lowest BCUT2D eigenvalue weighted by Gasteiger charge is -2.34. The lowest BCUT2D eigenvalue weighted by molar-refractivity contribution is -0.137. The Labute approximate surface area is 147 Å². The number of nitrogens with zero attached hydrogens (tertiary/aromatic N) is 3. The first-order chi connectivity index (χ1) is 12.0. The number of aryl methyl sites for hydroxylation is 2. The monoisotopic (exact) mass is 341 g/mol. The van der Waals surface area contributed by atoms with E-state index in [0.29, 0.717) is 25.8 Å². The van der Waals surface area contributed by atoms with Crippen LogP contribution >= 0.6 is 0 Å². The van der Waals surface area contributed by atoms with Gasteiger partial charge in [-0.2, -0.15) is 5.10 Å². The van der Waals surface area contributed by atoms with Crippen LogP contribution < -0.4 is 4.90 Å². The molecule has 1 aromatic carbocycles. The zero-order chi connectivity index (χ0) is 17.8. The summed E-state index contributed by atoms with van der Waals surface area (Å²) in [6, 6.07) is 9.83. The number of hydrogen-bond donors (Lipinski definition) is 1. The maximum atomic E-state index is 12.8. The van der Waals surface area contributed by atoms with Crippen LogP contribution in [0.15, 0.2) is 36.5 Å². The van der Waals surface area contributed by atoms with Gasteiger partial charge in [-0.25, -0.2) is 0 Å². The van der Waals surface area contributed by atoms with Gasteiger partial charge >= 0.3 is 5.97 Å². The summed E-state index contributed by atoms with van der Waals surface area (Å²) in [7, 11) is 1.86. The van der Waals surface area contributed by atoms with Gasteiger partial charge in [0, 0.05) is 44.7 Å². The molecule has 2 aromatic rings. The standard InChI is InChI=1S/C19H23N3O3/c1-21-11-10-16(20-21)7-8-18(23)22-13-14(6-9-19(24)25)12-15-4-2-3-5-17(15)22/h2-5,10-11,14H,6-9,12-13H2,1H3,(H,24,25). The van der Waals surface area contributed by atoms with Crippen LogP contribution in [0.4, 0.5) is 5.69 Å². The minimum atomic E-state index is -0.785. The fraction of sp³-hybridized carbons (Fsp3) is 0.421. The Bertz CT molecular complexity index is 769. The van der Waals surface area contributed by atoms with E-state index in [-0.39, 0.29) is 18.2 Å². The van der Waals surface area contributed by atoms with Crippen LogP contribution in [0.3, 0.4) is 0 Å². The van der Waals surface area contributed by atoms with Crippen molar-refractivity contribution >= 4 is 17.6 Å². The number of anilines is 1. The van der Waals surface area contributed by atoms with Crippen molar-refractivity contribution in [2.24, 2.45) is 13.0 Å². The van der Waals surface area contributed by atoms with Gasteiger partial charge in [0.2, 0.25) is 5.91 Å². The number of carboxylic acid groups (broad SMARTS) is 1. The number of fused-ring (bicyclic) bond motifs is 1. The number of aliphatic carboxylic acids is 1. The predicted octanol–water partition coefficient (Wildman–Crippen LogP) is 2.42. The van der Waals surface area contributed by atoms with E-state index in [1.165, 1.54) is 0 Å². The number of aromatic nitrogens is 2. The third kappa shape index (κ3) is 4.26. The summed E-state index contributed by atoms with van der Waals surface area (Å²) >= 11 is 0. The first-order valence-corrected chi connectivity index (χ1v) is 8.61. The van der Waals surface area contributed by atoms with Crippen molar-refractivity contribution in [3.05, 3.63) is 47.8 Å². The summed E-state index contributed by atoms with van der Waals surface area (Å²) in [6.07, 6.45) is 4.44. The predicted molar refractivity (Wildman–Crippen MR) is 94.4 cm³/mol. The van der Waals surface area contributed by atoms with Crippen LogP contribution in [-0.2, 0) is 29.5 Å². The summed E-state index contributed by atoms with van der Waals surface area (Å²) in [5, 5.41) is 13.3. The second-order valence-electron chi connectivity index (χ2n) is 6.62. The van der Waals surface area contributed by atoms with E-state index < -0.39 is 5.97 Å². The second-order valence-corrected chi connectivity index (χ2v) is 6.62. The Hall–Kier alpha value is -2.63. The average molecular weight is 341 g/mol. The summed E-state index contributed by atoms with van der Waals surface area (Å²) in [4.78, 5) is 25.5. The molecule has 1 aliphatic rings. The van der Waals surface area contributed by atoms with Gasteiger partial charge in [-0.15, -0.1) is 0 Å². The lowest BCUT2D eigenvalue weighted by Crippen LogP contribution is -2.40. The minimum Gasteiger partial charge on any atom is -0.481 e. The number of carbonyl (C=O) groups is 2. The molecule has 0 fully saturated rings. The smallest absolute Gasteiger partial charge is 0.303 e. The summed E-state index contributed by atoms with van der Waals surface area (Å²) in [5.74, 6) is -0.533. The number of hydrogen-bond acceptors (Lipinski definition) is 3. The molecular weight excluding hydrogens is 318 g/mol. The van der Waals surface area contributed by atoms with Crippen LogP contribution in [-0.4, -0.2) is 33.3 Å². The first-order valence-electron chi connectivity index (χ1n) is 8.61. The molecule has 0 saturated heterocycles. The van der Waals surface area contributed by atoms with Gasteiger partial charge in [0.25, 0.3) is 0 Å². The molecular formula is C19H23N3O3. The molecule has 1 unspecified atom stereocenters. The van der Waals surface area contributed by atoms with Gasteiger partial charge in [0.05, 0.1) is 5.69 Å². The lowest BCUT2D eigenvalue weighted by atomic mass is 9.89. The number of amides is 1. The topological polar surface area (TPSA) is 75.4 Å². The van der Waals surface area contributed by atoms with Crippen molar-refractivity contribution in [2.75, 3.05) is 11.4 Å². The largest absolute Gasteiger partial charge is 0.481 e. The Morgan fingerprint density at radius 1 is 1.24 bits per heavy atom. The van der Waals surface area contributed by atoms with Gasteiger partial charge in [-0.1, -0.05) is 18.2 Å². The molecule has 3 rings (SSSR count). The minimum absolute atomic E-state index is 0.0677. The Kier molecular flexibility index (Phi) is 5.16. The van der Waals surface area contributed by atoms with Gasteiger partial charge in [0.15, 0.2) is 0 Å². The summed E-state index contributed by atoms with van der Waals surface area (Å²) < 4.78 is 1.73. The van der Waals surface area contributed by atoms with E-state index in [9.17, 15) is 9.59 Å². The molecule has 1 aromatic heterocycles. The van der Waals surface area contributed by atoms with Gasteiger partial charge < -0.3 is 10.0 Å². The number of carboxylic acids is 1. The SMILES string of the molecule is Cn1ccc(CCC(=O)N2CC(CCC(=O)O)Cc3ccccc32)n1. The molecule has 0 spiro atoms. The second kappa shape index (κ2) is 7.51. The maximum Gasteiger partial charge on any atom is 0.303 e. The van der Waals surface area contributed by atoms with Crippen molar-refractivity contribution in [1.29, 1.82) is 0 Å². The van der Waals surface area contributed by atoms with E-state index in [1.807, 2.05) is 48.5 Å². The molecule has 1 N–H and O–H groups in total. The van der Waals surface area contributed by atoms with Crippen molar-refractivity contribution in [2.45, 2.75) is 32.1 Å². The molecule has 2 heterocycles. The first kappa shape index (κ1) is 17.2. The molecule has 1 amide bonds. The molecule has 0 radical (unpaired) electrons. The van der Waals surface area contributed by atoms with E-state index in [2.05, 4.69) is 5.10 Å². The number of para-hydroxylation sites is 1. The highest BCUT2D eigenvalue weighted by Crippen LogP contribution is 2.32. The van der Waals surface area contributed by atoms with E-state index >= 15 is 0 Å². The fourth-order valence-electron chi connectivity index (χ4n) is 3.40. The van der Waals surface area contributed by atoms with Gasteiger partial charge in [-0.05, 0) is 36.5 Å². The van der Waals surface area contributed by atoms with Crippen molar-refractivity contribution in [1.82, 2.24) is 9.78 Å². The average Bonchev–Trinajstić information content (AvgIpc) is 3.02. The van der Waals surface area contributed by atoms with Crippen molar-refractivity contribution in [3.63, 3.8) is 0 Å². The third-order valence-corrected chi connectivity index (χ3v) is 4.66. The highest BCUT2D eigenvalue weighted by atomic mass is 16.4. The van der Waals surface area contributed by atoms with Crippen molar-refractivity contribution in [3.8, 4) is 0 Å². The van der Waals surface area contributed by atoms with Gasteiger partial charge in [0.1, 0.15) is 0 Å². The Balaban J connectivity index is 1.71. The van der Waals surface area contributed by atoms with Crippen molar-refractivity contribution < 1.29 is 14.7 Å². The molecule has 0 bridgehead atoms. The van der Waals surface area contributed by atoms with E-state index in [0.717, 1.165) is 23.4 Å². The number of rotatable bonds is 6. The molecule has 1 aliphatic heterocycles. The molecule has 132 valence electrons. The molecule has 25 heavy (non-hydrogen) atoms. The summed E-state index contributed by atoms with van der Waals surface area (Å²) in [6.45, 7) is 0.589. The Morgan fingerprint density at radius 2 is 2.04 bits per heavy atom. The third-order valence-electron chi connectivity index (χ3n) is 4.66. The molecule has 1 atom stereocenters. The van der Waals surface area contributed by atoms with E-state index in [1.54, 1.807) is 4.68 Å². The highest BCUT2D eigenvalue weighted by molar-refractivity contribution is 5.94. The summed E-state index contributed by atoms with van der Waals surface area (Å²) in [5.41, 5.74) is 2.99. The maximum absolute atomic E-state index is 12.8. The highest BCUT2D eigenvalue weighted by Gasteiger charge is 2.28. The Morgan fingerprint density at radius 3 is 2.76 bits per heavy atom. The van der Waals surface area contributed by atoms with Crippen LogP contribution in [0.5, 0.6) is 0 Å². The number of benzene rings is 1. The zero-order valence-electron chi connectivity index (χ0n) is 14.4. The van der Waals surface area contributed by atoms with Gasteiger partial charge in [-0.3, -0.25) is 14.3 Å². The fourth-order valence-corrected chi connectivity index (χ4v) is 3.40. The van der Waals surface area contributed by atoms with Crippen LogP contribution in [0, 0.1) is 5.92 Å². The van der Waals surface area contributed by atoms with Crippen LogP contribution in [0.25, 0.3) is 0 Å². The normalized spacial score (nSPS) is 16.5. The molecule has 6 nitrogen and oxygen atoms in total. The quantitative estimate of drug-likeness (QED) is 0.875. The van der Waals surface area contributed by atoms with Crippen LogP contribution in [0.1, 0.15) is 30.5 Å². The zero-order valence-corrected chi connectivity index (χ0v) is 14.4. The van der Waals surface area contributed by atoms with Crippen LogP contribution in [0.2, 0.25) is 0 Å². The van der Waals surface area contributed by atoms with E-state index in [4.69, 9.17) is 5.11 Å². The molecule has 6 heteroatoms. The number of carbonyl (C=O) groups excluding carboxylic acids is 1. The molecule has 0 aliphatic carbocycles. The molecule has 0 saturated carbocycles.